The van der Waals surface area contributed by atoms with Gasteiger partial charge in [-0.05, 0) is 28.6 Å². The minimum absolute atomic E-state index is 0.0514. The molecule has 0 amide bonds. The van der Waals surface area contributed by atoms with Crippen molar-refractivity contribution in [1.82, 2.24) is 0 Å². The van der Waals surface area contributed by atoms with E-state index in [0.29, 0.717) is 23.2 Å². The van der Waals surface area contributed by atoms with Crippen LogP contribution in [0.3, 0.4) is 0 Å². The van der Waals surface area contributed by atoms with E-state index >= 15 is 0 Å². The number of benzene rings is 1. The van der Waals surface area contributed by atoms with E-state index in [2.05, 4.69) is 48.5 Å². The monoisotopic (exact) mass is 424 g/mol. The Morgan fingerprint density at radius 2 is 1.41 bits per heavy atom. The van der Waals surface area contributed by atoms with Crippen LogP contribution in [0.5, 0.6) is 0 Å². The summed E-state index contributed by atoms with van der Waals surface area (Å²) in [4.78, 5) is 0. The van der Waals surface area contributed by atoms with Gasteiger partial charge in [0.15, 0.2) is 6.29 Å². The standard InChI is InChI=1S/C24H44O4Si/c1-9-22(23(26)20(8)15-25)24(27-16-21-13-11-10-12-14-21)28-29(17(2)3,18(4)5)19(6)7/h10-14,17-20,22-26H,9,15-16H2,1-8H3/t20-,22-,23+,24?/m1/s1. The van der Waals surface area contributed by atoms with Gasteiger partial charge in [0.05, 0.1) is 12.7 Å². The minimum atomic E-state index is -2.20. The van der Waals surface area contributed by atoms with Crippen LogP contribution in [0.4, 0.5) is 0 Å². The Morgan fingerprint density at radius 1 is 0.897 bits per heavy atom. The van der Waals surface area contributed by atoms with E-state index in [-0.39, 0.29) is 18.4 Å². The van der Waals surface area contributed by atoms with Gasteiger partial charge in [0.2, 0.25) is 8.32 Å². The second kappa shape index (κ2) is 12.2. The molecule has 29 heavy (non-hydrogen) atoms. The summed E-state index contributed by atoms with van der Waals surface area (Å²) in [6.45, 7) is 17.9. The van der Waals surface area contributed by atoms with Crippen molar-refractivity contribution >= 4 is 8.32 Å². The predicted molar refractivity (Wildman–Crippen MR) is 123 cm³/mol. The molecule has 0 aliphatic rings. The first-order valence-corrected chi connectivity index (χ1v) is 13.4. The van der Waals surface area contributed by atoms with Crippen molar-refractivity contribution in [3.8, 4) is 0 Å². The third-order valence-corrected chi connectivity index (χ3v) is 12.5. The third kappa shape index (κ3) is 6.63. The zero-order chi connectivity index (χ0) is 22.2. The van der Waals surface area contributed by atoms with E-state index in [1.807, 2.05) is 37.3 Å². The molecule has 0 fully saturated rings. The second-order valence-electron chi connectivity index (χ2n) is 9.32. The molecule has 5 heteroatoms. The predicted octanol–water partition coefficient (Wildman–Crippen LogP) is 5.74. The molecule has 0 heterocycles. The van der Waals surface area contributed by atoms with E-state index in [1.54, 1.807) is 0 Å². The summed E-state index contributed by atoms with van der Waals surface area (Å²) in [6, 6.07) is 10.1. The second-order valence-corrected chi connectivity index (χ2v) is 14.7. The lowest BCUT2D eigenvalue weighted by Crippen LogP contribution is -2.53. The van der Waals surface area contributed by atoms with Crippen molar-refractivity contribution < 1.29 is 19.4 Å². The molecule has 1 aromatic rings. The van der Waals surface area contributed by atoms with Crippen molar-refractivity contribution in [2.75, 3.05) is 6.61 Å². The number of aliphatic hydroxyl groups is 2. The van der Waals surface area contributed by atoms with Gasteiger partial charge in [0, 0.05) is 18.4 Å². The van der Waals surface area contributed by atoms with Crippen LogP contribution < -0.4 is 0 Å². The molecule has 0 aliphatic heterocycles. The molecular formula is C24H44O4Si. The van der Waals surface area contributed by atoms with Crippen molar-refractivity contribution in [1.29, 1.82) is 0 Å². The summed E-state index contributed by atoms with van der Waals surface area (Å²) >= 11 is 0. The molecule has 1 unspecified atom stereocenters. The average Bonchev–Trinajstić information content (AvgIpc) is 2.68. The highest BCUT2D eigenvalue weighted by Crippen LogP contribution is 2.44. The van der Waals surface area contributed by atoms with Crippen LogP contribution >= 0.6 is 0 Å². The maximum absolute atomic E-state index is 11.0. The number of ether oxygens (including phenoxy) is 1. The zero-order valence-electron chi connectivity index (χ0n) is 19.8. The fourth-order valence-electron chi connectivity index (χ4n) is 4.73. The molecule has 2 N–H and O–H groups in total. The summed E-state index contributed by atoms with van der Waals surface area (Å²) in [5.74, 6) is -0.413. The summed E-state index contributed by atoms with van der Waals surface area (Å²) in [7, 11) is -2.20. The highest BCUT2D eigenvalue weighted by molar-refractivity contribution is 6.77. The Kier molecular flexibility index (Phi) is 11.1. The lowest BCUT2D eigenvalue weighted by Gasteiger charge is -2.46. The van der Waals surface area contributed by atoms with Crippen LogP contribution in [0.15, 0.2) is 30.3 Å². The fraction of sp³-hybridized carbons (Fsp3) is 0.750. The first kappa shape index (κ1) is 26.3. The molecule has 4 atom stereocenters. The topological polar surface area (TPSA) is 58.9 Å². The molecule has 0 saturated heterocycles. The lowest BCUT2D eigenvalue weighted by atomic mass is 9.90. The van der Waals surface area contributed by atoms with Gasteiger partial charge in [-0.3, -0.25) is 0 Å². The van der Waals surface area contributed by atoms with Gasteiger partial charge in [0.25, 0.3) is 0 Å². The molecule has 0 saturated carbocycles. The van der Waals surface area contributed by atoms with Gasteiger partial charge in [-0.25, -0.2) is 0 Å². The largest absolute Gasteiger partial charge is 0.396 e. The van der Waals surface area contributed by atoms with E-state index in [9.17, 15) is 10.2 Å². The van der Waals surface area contributed by atoms with Gasteiger partial charge < -0.3 is 19.4 Å². The average molecular weight is 425 g/mol. The third-order valence-electron chi connectivity index (χ3n) is 6.42. The highest BCUT2D eigenvalue weighted by atomic mass is 28.4. The van der Waals surface area contributed by atoms with Crippen molar-refractivity contribution in [3.63, 3.8) is 0 Å². The molecule has 0 aliphatic carbocycles. The molecule has 4 nitrogen and oxygen atoms in total. The normalized spacial score (nSPS) is 17.0. The van der Waals surface area contributed by atoms with Crippen molar-refractivity contribution in [3.05, 3.63) is 35.9 Å². The molecule has 1 rings (SSSR count). The maximum atomic E-state index is 11.0. The minimum Gasteiger partial charge on any atom is -0.396 e. The van der Waals surface area contributed by atoms with E-state index in [0.717, 1.165) is 12.0 Å². The van der Waals surface area contributed by atoms with Gasteiger partial charge in [-0.15, -0.1) is 0 Å². The van der Waals surface area contributed by atoms with E-state index in [4.69, 9.17) is 9.16 Å². The Morgan fingerprint density at radius 3 is 1.83 bits per heavy atom. The van der Waals surface area contributed by atoms with Crippen molar-refractivity contribution in [2.24, 2.45) is 11.8 Å². The Bertz CT molecular complexity index is 539. The maximum Gasteiger partial charge on any atom is 0.203 e. The highest BCUT2D eigenvalue weighted by Gasteiger charge is 2.48. The Labute approximate surface area is 179 Å². The van der Waals surface area contributed by atoms with E-state index < -0.39 is 20.7 Å². The van der Waals surface area contributed by atoms with Crippen LogP contribution in [0.1, 0.15) is 67.4 Å². The van der Waals surface area contributed by atoms with Crippen LogP contribution in [0.25, 0.3) is 0 Å². The van der Waals surface area contributed by atoms with Crippen molar-refractivity contribution in [2.45, 2.75) is 97.4 Å². The van der Waals surface area contributed by atoms with Gasteiger partial charge in [-0.1, -0.05) is 85.7 Å². The summed E-state index contributed by atoms with van der Waals surface area (Å²) in [5, 5.41) is 20.6. The number of hydrogen-bond acceptors (Lipinski definition) is 4. The molecule has 0 bridgehead atoms. The Hall–Kier alpha value is -0.723. The van der Waals surface area contributed by atoms with Gasteiger partial charge in [-0.2, -0.15) is 0 Å². The first-order valence-electron chi connectivity index (χ1n) is 11.2. The number of rotatable bonds is 13. The SMILES string of the molecule is CC[C@@H](C(OCc1ccccc1)O[Si](C(C)C)(C(C)C)C(C)C)[C@@H](O)[C@H](C)CO. The summed E-state index contributed by atoms with van der Waals surface area (Å²) < 4.78 is 13.4. The quantitative estimate of drug-likeness (QED) is 0.313. The number of hydrogen-bond donors (Lipinski definition) is 2. The van der Waals surface area contributed by atoms with Gasteiger partial charge in [0.1, 0.15) is 0 Å². The molecule has 0 spiro atoms. The van der Waals surface area contributed by atoms with Crippen LogP contribution in [0, 0.1) is 11.8 Å². The van der Waals surface area contributed by atoms with E-state index in [1.165, 1.54) is 0 Å². The molecule has 1 aromatic carbocycles. The molecule has 168 valence electrons. The van der Waals surface area contributed by atoms with Crippen LogP contribution in [-0.2, 0) is 15.8 Å². The first-order chi connectivity index (χ1) is 13.6. The zero-order valence-corrected chi connectivity index (χ0v) is 20.8. The molecular weight excluding hydrogens is 380 g/mol. The molecule has 0 aromatic heterocycles. The Balaban J connectivity index is 3.25. The van der Waals surface area contributed by atoms with Gasteiger partial charge >= 0.3 is 0 Å². The molecule has 0 radical (unpaired) electrons. The lowest BCUT2D eigenvalue weighted by molar-refractivity contribution is -0.166. The van der Waals surface area contributed by atoms with Crippen LogP contribution in [0.2, 0.25) is 16.6 Å². The summed E-state index contributed by atoms with van der Waals surface area (Å²) in [6.07, 6.45) is -0.448. The van der Waals surface area contributed by atoms with Crippen LogP contribution in [-0.4, -0.2) is 37.5 Å². The fourth-order valence-corrected chi connectivity index (χ4v) is 10.2. The number of aliphatic hydroxyl groups excluding tert-OH is 2. The smallest absolute Gasteiger partial charge is 0.203 e. The summed E-state index contributed by atoms with van der Waals surface area (Å²) in [5.41, 5.74) is 2.37.